The number of rotatable bonds is 5. The number of carbonyl (C=O) groups is 1. The molecule has 0 aliphatic rings. The fourth-order valence-corrected chi connectivity index (χ4v) is 2.28. The molecule has 1 atom stereocenters. The van der Waals surface area contributed by atoms with E-state index in [-0.39, 0.29) is 18.0 Å². The van der Waals surface area contributed by atoms with Crippen molar-refractivity contribution >= 4 is 5.91 Å². The van der Waals surface area contributed by atoms with Crippen LogP contribution in [0.15, 0.2) is 61.2 Å². The van der Waals surface area contributed by atoms with E-state index in [2.05, 4.69) is 15.4 Å². The van der Waals surface area contributed by atoms with E-state index in [4.69, 9.17) is 0 Å². The van der Waals surface area contributed by atoms with Crippen LogP contribution in [0.5, 0.6) is 0 Å². The third-order valence-electron chi connectivity index (χ3n) is 3.51. The Morgan fingerprint density at radius 3 is 2.83 bits per heavy atom. The Labute approximate surface area is 137 Å². The van der Waals surface area contributed by atoms with Crippen molar-refractivity contribution in [2.45, 2.75) is 6.10 Å². The predicted octanol–water partition coefficient (Wildman–Crippen LogP) is 1.87. The molecule has 2 aromatic carbocycles. The van der Waals surface area contributed by atoms with Gasteiger partial charge in [0.2, 0.25) is 0 Å². The van der Waals surface area contributed by atoms with Crippen LogP contribution in [0.2, 0.25) is 0 Å². The van der Waals surface area contributed by atoms with Crippen molar-refractivity contribution < 1.29 is 14.3 Å². The topological polar surface area (TPSA) is 80.0 Å². The van der Waals surface area contributed by atoms with E-state index in [1.54, 1.807) is 36.4 Å². The van der Waals surface area contributed by atoms with Crippen molar-refractivity contribution in [3.63, 3.8) is 0 Å². The molecule has 0 spiro atoms. The normalized spacial score (nSPS) is 11.9. The lowest BCUT2D eigenvalue weighted by atomic mass is 10.1. The molecule has 0 aliphatic heterocycles. The number of hydrogen-bond acceptors (Lipinski definition) is 4. The summed E-state index contributed by atoms with van der Waals surface area (Å²) in [5, 5.41) is 16.6. The fraction of sp³-hybridized carbons (Fsp3) is 0.118. The zero-order valence-electron chi connectivity index (χ0n) is 12.6. The van der Waals surface area contributed by atoms with Gasteiger partial charge < -0.3 is 10.4 Å². The van der Waals surface area contributed by atoms with Crippen LogP contribution >= 0.6 is 0 Å². The second-order valence-electron chi connectivity index (χ2n) is 5.14. The van der Waals surface area contributed by atoms with Crippen molar-refractivity contribution in [2.75, 3.05) is 6.54 Å². The van der Waals surface area contributed by atoms with Crippen LogP contribution in [0.1, 0.15) is 22.0 Å². The molecule has 122 valence electrons. The van der Waals surface area contributed by atoms with Gasteiger partial charge in [-0.25, -0.2) is 14.1 Å². The Morgan fingerprint density at radius 2 is 2.08 bits per heavy atom. The number of hydrogen-bond donors (Lipinski definition) is 2. The molecule has 24 heavy (non-hydrogen) atoms. The van der Waals surface area contributed by atoms with E-state index in [0.717, 1.165) is 0 Å². The molecule has 3 aromatic rings. The van der Waals surface area contributed by atoms with Crippen LogP contribution in [-0.2, 0) is 0 Å². The van der Waals surface area contributed by atoms with Crippen LogP contribution in [0.25, 0.3) is 5.69 Å². The molecule has 1 unspecified atom stereocenters. The van der Waals surface area contributed by atoms with Crippen LogP contribution in [0.3, 0.4) is 0 Å². The van der Waals surface area contributed by atoms with E-state index in [9.17, 15) is 14.3 Å². The Kier molecular flexibility index (Phi) is 4.62. The Bertz CT molecular complexity index is 836. The van der Waals surface area contributed by atoms with Crippen molar-refractivity contribution in [2.24, 2.45) is 0 Å². The maximum absolute atomic E-state index is 13.6. The van der Waals surface area contributed by atoms with Gasteiger partial charge in [0.15, 0.2) is 0 Å². The Hall–Kier alpha value is -3.06. The van der Waals surface area contributed by atoms with Gasteiger partial charge in [-0.1, -0.05) is 24.3 Å². The number of amides is 1. The van der Waals surface area contributed by atoms with Gasteiger partial charge >= 0.3 is 0 Å². The molecule has 1 heterocycles. The summed E-state index contributed by atoms with van der Waals surface area (Å²) in [7, 11) is 0. The summed E-state index contributed by atoms with van der Waals surface area (Å²) in [6.07, 6.45) is 1.81. The number of aliphatic hydroxyl groups excluding tert-OH is 1. The SMILES string of the molecule is O=C(NCC(O)c1ccccc1F)c1cccc(-n2cncn2)c1. The van der Waals surface area contributed by atoms with Crippen LogP contribution < -0.4 is 5.32 Å². The monoisotopic (exact) mass is 326 g/mol. The zero-order chi connectivity index (χ0) is 16.9. The molecular formula is C17H15FN4O2. The van der Waals surface area contributed by atoms with Gasteiger partial charge in [0.1, 0.15) is 18.5 Å². The predicted molar refractivity (Wildman–Crippen MR) is 85.1 cm³/mol. The zero-order valence-corrected chi connectivity index (χ0v) is 12.6. The number of benzene rings is 2. The van der Waals surface area contributed by atoms with Gasteiger partial charge in [-0.05, 0) is 24.3 Å². The van der Waals surface area contributed by atoms with Gasteiger partial charge in [-0.2, -0.15) is 5.10 Å². The molecule has 6 nitrogen and oxygen atoms in total. The molecular weight excluding hydrogens is 311 g/mol. The quantitative estimate of drug-likeness (QED) is 0.750. The van der Waals surface area contributed by atoms with E-state index in [1.807, 2.05) is 0 Å². The summed E-state index contributed by atoms with van der Waals surface area (Å²) >= 11 is 0. The first-order valence-electron chi connectivity index (χ1n) is 7.31. The number of nitrogens with one attached hydrogen (secondary N) is 1. The lowest BCUT2D eigenvalue weighted by Gasteiger charge is -2.13. The largest absolute Gasteiger partial charge is 0.386 e. The first-order chi connectivity index (χ1) is 11.6. The minimum atomic E-state index is -1.12. The van der Waals surface area contributed by atoms with Crippen molar-refractivity contribution in [3.05, 3.63) is 78.1 Å². The molecule has 0 saturated carbocycles. The molecule has 0 saturated heterocycles. The lowest BCUT2D eigenvalue weighted by molar-refractivity contribution is 0.0914. The smallest absolute Gasteiger partial charge is 0.251 e. The highest BCUT2D eigenvalue weighted by Gasteiger charge is 2.14. The summed E-state index contributed by atoms with van der Waals surface area (Å²) in [6.45, 7) is -0.0900. The average Bonchev–Trinajstić information content (AvgIpc) is 3.14. The first-order valence-corrected chi connectivity index (χ1v) is 7.31. The molecule has 0 radical (unpaired) electrons. The molecule has 0 bridgehead atoms. The molecule has 2 N–H and O–H groups in total. The Balaban J connectivity index is 1.67. The van der Waals surface area contributed by atoms with Gasteiger partial charge in [-0.3, -0.25) is 4.79 Å². The maximum Gasteiger partial charge on any atom is 0.251 e. The van der Waals surface area contributed by atoms with Gasteiger partial charge in [0.25, 0.3) is 5.91 Å². The first kappa shape index (κ1) is 15.8. The number of halogens is 1. The highest BCUT2D eigenvalue weighted by atomic mass is 19.1. The molecule has 0 fully saturated rings. The highest BCUT2D eigenvalue weighted by Crippen LogP contribution is 2.16. The maximum atomic E-state index is 13.6. The number of aromatic nitrogens is 3. The molecule has 0 aliphatic carbocycles. The fourth-order valence-electron chi connectivity index (χ4n) is 2.28. The molecule has 7 heteroatoms. The van der Waals surface area contributed by atoms with Crippen LogP contribution in [0, 0.1) is 5.82 Å². The van der Waals surface area contributed by atoms with Crippen molar-refractivity contribution in [3.8, 4) is 5.69 Å². The third kappa shape index (κ3) is 3.47. The van der Waals surface area contributed by atoms with E-state index in [0.29, 0.717) is 11.3 Å². The minimum absolute atomic E-state index is 0.0900. The average molecular weight is 326 g/mol. The third-order valence-corrected chi connectivity index (χ3v) is 3.51. The summed E-state index contributed by atoms with van der Waals surface area (Å²) in [6, 6.07) is 12.7. The van der Waals surface area contributed by atoms with Crippen molar-refractivity contribution in [1.82, 2.24) is 20.1 Å². The summed E-state index contributed by atoms with van der Waals surface area (Å²) in [5.41, 5.74) is 1.24. The number of nitrogens with zero attached hydrogens (tertiary/aromatic N) is 3. The number of carbonyl (C=O) groups excluding carboxylic acids is 1. The van der Waals surface area contributed by atoms with E-state index in [1.165, 1.54) is 29.5 Å². The molecule has 3 rings (SSSR count). The molecule has 1 aromatic heterocycles. The highest BCUT2D eigenvalue weighted by molar-refractivity contribution is 5.94. The Morgan fingerprint density at radius 1 is 1.25 bits per heavy atom. The summed E-state index contributed by atoms with van der Waals surface area (Å²) < 4.78 is 15.1. The van der Waals surface area contributed by atoms with Crippen molar-refractivity contribution in [1.29, 1.82) is 0 Å². The summed E-state index contributed by atoms with van der Waals surface area (Å²) in [5.74, 6) is -0.875. The standard InChI is InChI=1S/C17H15FN4O2/c18-15-7-2-1-6-14(15)16(23)9-20-17(24)12-4-3-5-13(8-12)22-11-19-10-21-22/h1-8,10-11,16,23H,9H2,(H,20,24). The van der Waals surface area contributed by atoms with Gasteiger partial charge in [0.05, 0.1) is 11.8 Å². The van der Waals surface area contributed by atoms with E-state index >= 15 is 0 Å². The number of aliphatic hydroxyl groups is 1. The summed E-state index contributed by atoms with van der Waals surface area (Å²) in [4.78, 5) is 16.1. The second kappa shape index (κ2) is 7.01. The second-order valence-corrected chi connectivity index (χ2v) is 5.14. The van der Waals surface area contributed by atoms with E-state index < -0.39 is 11.9 Å². The lowest BCUT2D eigenvalue weighted by Crippen LogP contribution is -2.28. The van der Waals surface area contributed by atoms with Gasteiger partial charge in [0, 0.05) is 17.7 Å². The van der Waals surface area contributed by atoms with Gasteiger partial charge in [-0.15, -0.1) is 0 Å². The molecule has 1 amide bonds. The van der Waals surface area contributed by atoms with Crippen LogP contribution in [-0.4, -0.2) is 32.3 Å². The minimum Gasteiger partial charge on any atom is -0.386 e. The van der Waals surface area contributed by atoms with Crippen LogP contribution in [0.4, 0.5) is 4.39 Å².